The lowest BCUT2D eigenvalue weighted by atomic mass is 10.2. The molecule has 2 rings (SSSR count). The predicted octanol–water partition coefficient (Wildman–Crippen LogP) is 2.97. The van der Waals surface area contributed by atoms with E-state index in [4.69, 9.17) is 0 Å². The third-order valence-corrected chi connectivity index (χ3v) is 3.63. The zero-order valence-electron chi connectivity index (χ0n) is 12.6. The quantitative estimate of drug-likeness (QED) is 0.801. The lowest BCUT2D eigenvalue weighted by molar-refractivity contribution is 0.746. The average Bonchev–Trinajstić information content (AvgIpc) is 2.85. The van der Waals surface area contributed by atoms with Gasteiger partial charge in [0.2, 0.25) is 5.95 Å². The summed E-state index contributed by atoms with van der Waals surface area (Å²) in [4.78, 5) is 8.72. The zero-order valence-corrected chi connectivity index (χ0v) is 14.2. The number of hydrogen-bond acceptors (Lipinski definition) is 5. The summed E-state index contributed by atoms with van der Waals surface area (Å²) in [5.74, 6) is 1.43. The molecule has 0 atom stereocenters. The third kappa shape index (κ3) is 4.17. The highest BCUT2D eigenvalue weighted by Crippen LogP contribution is 2.21. The number of anilines is 2. The van der Waals surface area contributed by atoms with Crippen LogP contribution in [0.3, 0.4) is 0 Å². The first-order valence-corrected chi connectivity index (χ1v) is 7.95. The molecule has 6 nitrogen and oxygen atoms in total. The number of nitrogens with one attached hydrogen (secondary N) is 2. The maximum atomic E-state index is 4.48. The van der Waals surface area contributed by atoms with Crippen molar-refractivity contribution in [2.45, 2.75) is 33.2 Å². The topological polar surface area (TPSA) is 67.7 Å². The molecule has 0 aliphatic rings. The molecule has 114 valence electrons. The molecule has 0 amide bonds. The van der Waals surface area contributed by atoms with Gasteiger partial charge in [-0.05, 0) is 28.8 Å². The van der Waals surface area contributed by atoms with Gasteiger partial charge in [0.25, 0.3) is 0 Å². The van der Waals surface area contributed by atoms with Crippen molar-refractivity contribution in [2.24, 2.45) is 7.05 Å². The maximum absolute atomic E-state index is 4.48. The molecule has 2 aromatic rings. The number of aromatic nitrogens is 4. The monoisotopic (exact) mass is 352 g/mol. The van der Waals surface area contributed by atoms with E-state index in [1.54, 1.807) is 6.20 Å². The summed E-state index contributed by atoms with van der Waals surface area (Å²) < 4.78 is 2.70. The smallest absolute Gasteiger partial charge is 0.224 e. The average molecular weight is 353 g/mol. The first-order valence-electron chi connectivity index (χ1n) is 7.15. The van der Waals surface area contributed by atoms with Crippen molar-refractivity contribution in [2.75, 3.05) is 17.2 Å². The molecule has 0 spiro atoms. The third-order valence-electron chi connectivity index (χ3n) is 3.05. The van der Waals surface area contributed by atoms with Crippen molar-refractivity contribution in [1.82, 2.24) is 19.7 Å². The second kappa shape index (κ2) is 7.40. The molecule has 0 aliphatic carbocycles. The van der Waals surface area contributed by atoms with Crippen molar-refractivity contribution in [3.05, 3.63) is 28.1 Å². The SMILES string of the molecule is CCCNc1ncc(Br)c(NCc2cn(C)nc2CC)n1. The van der Waals surface area contributed by atoms with Crippen LogP contribution >= 0.6 is 15.9 Å². The Morgan fingerprint density at radius 3 is 2.81 bits per heavy atom. The highest BCUT2D eigenvalue weighted by Gasteiger charge is 2.08. The van der Waals surface area contributed by atoms with Crippen molar-refractivity contribution in [3.8, 4) is 0 Å². The fraction of sp³-hybridized carbons (Fsp3) is 0.500. The molecule has 0 aliphatic heterocycles. The van der Waals surface area contributed by atoms with Gasteiger partial charge in [-0.3, -0.25) is 4.68 Å². The van der Waals surface area contributed by atoms with E-state index in [9.17, 15) is 0 Å². The lowest BCUT2D eigenvalue weighted by Crippen LogP contribution is -2.08. The molecule has 7 heteroatoms. The standard InChI is InChI=1S/C14H21BrN6/c1-4-6-16-14-18-8-11(15)13(19-14)17-7-10-9-21(3)20-12(10)5-2/h8-9H,4-7H2,1-3H3,(H2,16,17,18,19). The van der Waals surface area contributed by atoms with Gasteiger partial charge in [0.15, 0.2) is 0 Å². The minimum atomic E-state index is 0.643. The molecule has 0 fully saturated rings. The number of rotatable bonds is 7. The number of halogens is 1. The highest BCUT2D eigenvalue weighted by atomic mass is 79.9. The van der Waals surface area contributed by atoms with Crippen LogP contribution in [0.25, 0.3) is 0 Å². The minimum absolute atomic E-state index is 0.643. The summed E-state index contributed by atoms with van der Waals surface area (Å²) >= 11 is 3.48. The molecule has 2 N–H and O–H groups in total. The Labute approximate surface area is 133 Å². The van der Waals surface area contributed by atoms with E-state index in [-0.39, 0.29) is 0 Å². The Hall–Kier alpha value is -1.63. The fourth-order valence-electron chi connectivity index (χ4n) is 2.02. The fourth-order valence-corrected chi connectivity index (χ4v) is 2.35. The van der Waals surface area contributed by atoms with E-state index < -0.39 is 0 Å². The van der Waals surface area contributed by atoms with Crippen LogP contribution in [0.5, 0.6) is 0 Å². The Kier molecular flexibility index (Phi) is 5.55. The second-order valence-corrected chi connectivity index (χ2v) is 5.65. The molecule has 0 radical (unpaired) electrons. The summed E-state index contributed by atoms with van der Waals surface area (Å²) in [5.41, 5.74) is 2.30. The van der Waals surface area contributed by atoms with Crippen molar-refractivity contribution >= 4 is 27.7 Å². The van der Waals surface area contributed by atoms with Crippen molar-refractivity contribution in [3.63, 3.8) is 0 Å². The van der Waals surface area contributed by atoms with Gasteiger partial charge < -0.3 is 10.6 Å². The van der Waals surface area contributed by atoms with Crippen LogP contribution < -0.4 is 10.6 Å². The summed E-state index contributed by atoms with van der Waals surface area (Å²) in [7, 11) is 1.94. The van der Waals surface area contributed by atoms with E-state index in [2.05, 4.69) is 55.5 Å². The molecule has 0 bridgehead atoms. The van der Waals surface area contributed by atoms with Gasteiger partial charge in [-0.1, -0.05) is 13.8 Å². The van der Waals surface area contributed by atoms with Gasteiger partial charge >= 0.3 is 0 Å². The van der Waals surface area contributed by atoms with Gasteiger partial charge in [0, 0.05) is 38.1 Å². The van der Waals surface area contributed by atoms with E-state index in [1.807, 2.05) is 17.9 Å². The number of hydrogen-bond donors (Lipinski definition) is 2. The van der Waals surface area contributed by atoms with Crippen LogP contribution in [0.15, 0.2) is 16.9 Å². The molecule has 0 aromatic carbocycles. The lowest BCUT2D eigenvalue weighted by Gasteiger charge is -2.09. The summed E-state index contributed by atoms with van der Waals surface area (Å²) in [6.07, 6.45) is 5.76. The minimum Gasteiger partial charge on any atom is -0.365 e. The van der Waals surface area contributed by atoms with Crippen molar-refractivity contribution in [1.29, 1.82) is 0 Å². The highest BCUT2D eigenvalue weighted by molar-refractivity contribution is 9.10. The summed E-state index contributed by atoms with van der Waals surface area (Å²) in [6, 6.07) is 0. The Balaban J connectivity index is 2.08. The summed E-state index contributed by atoms with van der Waals surface area (Å²) in [6.45, 7) is 5.78. The normalized spacial score (nSPS) is 10.7. The van der Waals surface area contributed by atoms with Gasteiger partial charge in [-0.25, -0.2) is 4.98 Å². The van der Waals surface area contributed by atoms with Gasteiger partial charge in [-0.2, -0.15) is 10.1 Å². The van der Waals surface area contributed by atoms with Gasteiger partial charge in [0.05, 0.1) is 10.2 Å². The molecule has 0 saturated heterocycles. The maximum Gasteiger partial charge on any atom is 0.224 e. The Morgan fingerprint density at radius 1 is 1.29 bits per heavy atom. The van der Waals surface area contributed by atoms with E-state index in [1.165, 1.54) is 5.56 Å². The van der Waals surface area contributed by atoms with Crippen molar-refractivity contribution < 1.29 is 0 Å². The molecule has 2 aromatic heterocycles. The van der Waals surface area contributed by atoms with Crippen LogP contribution in [0.4, 0.5) is 11.8 Å². The second-order valence-electron chi connectivity index (χ2n) is 4.80. The van der Waals surface area contributed by atoms with Crippen LogP contribution in [-0.4, -0.2) is 26.3 Å². The van der Waals surface area contributed by atoms with Gasteiger partial charge in [-0.15, -0.1) is 0 Å². The summed E-state index contributed by atoms with van der Waals surface area (Å²) in [5, 5.41) is 11.0. The van der Waals surface area contributed by atoms with Crippen LogP contribution in [0.1, 0.15) is 31.5 Å². The molecule has 0 unspecified atom stereocenters. The zero-order chi connectivity index (χ0) is 15.2. The van der Waals surface area contributed by atoms with Crippen LogP contribution in [0, 0.1) is 0 Å². The first-order chi connectivity index (χ1) is 10.1. The number of aryl methyl sites for hydroxylation is 2. The van der Waals surface area contributed by atoms with E-state index in [0.29, 0.717) is 12.5 Å². The molecule has 2 heterocycles. The predicted molar refractivity (Wildman–Crippen MR) is 88.4 cm³/mol. The van der Waals surface area contributed by atoms with Gasteiger partial charge in [0.1, 0.15) is 5.82 Å². The first kappa shape index (κ1) is 15.8. The molecule has 21 heavy (non-hydrogen) atoms. The Morgan fingerprint density at radius 2 is 2.10 bits per heavy atom. The van der Waals surface area contributed by atoms with E-state index >= 15 is 0 Å². The Bertz CT molecular complexity index is 595. The largest absolute Gasteiger partial charge is 0.365 e. The van der Waals surface area contributed by atoms with Crippen LogP contribution in [0.2, 0.25) is 0 Å². The molecular weight excluding hydrogens is 332 g/mol. The van der Waals surface area contributed by atoms with E-state index in [0.717, 1.165) is 35.4 Å². The van der Waals surface area contributed by atoms with Crippen LogP contribution in [-0.2, 0) is 20.0 Å². The number of nitrogens with zero attached hydrogens (tertiary/aromatic N) is 4. The molecular formula is C14H21BrN6. The molecule has 0 saturated carbocycles.